The Morgan fingerprint density at radius 2 is 2.13 bits per heavy atom. The molecule has 1 aliphatic heterocycles. The zero-order chi connectivity index (χ0) is 21.3. The molecular formula is C20H19FN2O4S3. The average molecular weight is 467 g/mol. The van der Waals surface area contributed by atoms with E-state index in [1.807, 2.05) is 0 Å². The number of hydrogen-bond donors (Lipinski definition) is 0. The summed E-state index contributed by atoms with van der Waals surface area (Å²) < 4.78 is 43.9. The predicted molar refractivity (Wildman–Crippen MR) is 116 cm³/mol. The van der Waals surface area contributed by atoms with Crippen LogP contribution in [0.5, 0.6) is 0 Å². The van der Waals surface area contributed by atoms with Crippen LogP contribution in [-0.4, -0.2) is 48.0 Å². The number of thioether (sulfide) groups is 2. The second-order valence-electron chi connectivity index (χ2n) is 6.63. The van der Waals surface area contributed by atoms with Gasteiger partial charge in [0, 0.05) is 17.9 Å². The maximum atomic E-state index is 14.2. The van der Waals surface area contributed by atoms with Crippen molar-refractivity contribution in [2.24, 2.45) is 0 Å². The summed E-state index contributed by atoms with van der Waals surface area (Å²) in [5.74, 6) is 0.392. The fourth-order valence-corrected chi connectivity index (χ4v) is 6.10. The smallest absolute Gasteiger partial charge is 0.257 e. The highest BCUT2D eigenvalue weighted by Crippen LogP contribution is 2.39. The summed E-state index contributed by atoms with van der Waals surface area (Å²) >= 11 is 2.68. The van der Waals surface area contributed by atoms with Crippen molar-refractivity contribution in [1.82, 2.24) is 9.88 Å². The molecule has 0 bridgehead atoms. The molecule has 2 aromatic carbocycles. The van der Waals surface area contributed by atoms with Gasteiger partial charge in [0.05, 0.1) is 16.4 Å². The zero-order valence-corrected chi connectivity index (χ0v) is 18.5. The van der Waals surface area contributed by atoms with Gasteiger partial charge < -0.3 is 9.32 Å². The van der Waals surface area contributed by atoms with Crippen LogP contribution in [0.1, 0.15) is 17.9 Å². The van der Waals surface area contributed by atoms with Crippen molar-refractivity contribution in [3.05, 3.63) is 53.8 Å². The van der Waals surface area contributed by atoms with E-state index in [0.29, 0.717) is 28.4 Å². The van der Waals surface area contributed by atoms with Gasteiger partial charge in [-0.15, -0.1) is 11.8 Å². The predicted octanol–water partition coefficient (Wildman–Crippen LogP) is 4.13. The first-order valence-electron chi connectivity index (χ1n) is 9.30. The SMILES string of the molecule is CCS(=O)(=O)c1ccc2oc(SCC(=O)N3CCS[C@@H]3c3ccccc3F)nc2c1. The van der Waals surface area contributed by atoms with Crippen LogP contribution < -0.4 is 0 Å². The maximum absolute atomic E-state index is 14.2. The number of halogens is 1. The number of oxazole rings is 1. The van der Waals surface area contributed by atoms with Crippen LogP contribution in [-0.2, 0) is 14.6 Å². The zero-order valence-electron chi connectivity index (χ0n) is 16.1. The van der Waals surface area contributed by atoms with Gasteiger partial charge in [0.25, 0.3) is 5.22 Å². The Hall–Kier alpha value is -2.04. The Morgan fingerprint density at radius 1 is 1.33 bits per heavy atom. The summed E-state index contributed by atoms with van der Waals surface area (Å²) in [5.41, 5.74) is 1.39. The monoisotopic (exact) mass is 466 g/mol. The highest BCUT2D eigenvalue weighted by atomic mass is 32.2. The van der Waals surface area contributed by atoms with Crippen LogP contribution in [0.2, 0.25) is 0 Å². The first-order valence-corrected chi connectivity index (χ1v) is 13.0. The van der Waals surface area contributed by atoms with Gasteiger partial charge >= 0.3 is 0 Å². The molecule has 0 N–H and O–H groups in total. The molecule has 4 rings (SSSR count). The third kappa shape index (κ3) is 4.21. The minimum atomic E-state index is -3.34. The lowest BCUT2D eigenvalue weighted by Crippen LogP contribution is -2.32. The highest BCUT2D eigenvalue weighted by molar-refractivity contribution is 8.00. The van der Waals surface area contributed by atoms with Crippen molar-refractivity contribution in [2.45, 2.75) is 22.4 Å². The van der Waals surface area contributed by atoms with Crippen molar-refractivity contribution < 1.29 is 22.0 Å². The average Bonchev–Trinajstić information content (AvgIpc) is 3.38. The third-order valence-electron chi connectivity index (χ3n) is 4.78. The molecule has 0 saturated carbocycles. The van der Waals surface area contributed by atoms with Gasteiger partial charge in [0.2, 0.25) is 5.91 Å². The minimum absolute atomic E-state index is 0.00346. The summed E-state index contributed by atoms with van der Waals surface area (Å²) in [6.45, 7) is 2.13. The van der Waals surface area contributed by atoms with E-state index in [2.05, 4.69) is 4.98 Å². The Balaban J connectivity index is 1.47. The number of nitrogens with zero attached hydrogens (tertiary/aromatic N) is 2. The number of carbonyl (C=O) groups is 1. The highest BCUT2D eigenvalue weighted by Gasteiger charge is 2.32. The number of sulfone groups is 1. The third-order valence-corrected chi connectivity index (χ3v) is 8.57. The van der Waals surface area contributed by atoms with Crippen molar-refractivity contribution in [2.75, 3.05) is 23.8 Å². The summed E-state index contributed by atoms with van der Waals surface area (Å²) in [4.78, 5) is 18.9. The molecule has 1 aromatic heterocycles. The van der Waals surface area contributed by atoms with Crippen molar-refractivity contribution in [3.8, 4) is 0 Å². The summed E-state index contributed by atoms with van der Waals surface area (Å²) in [7, 11) is -3.34. The summed E-state index contributed by atoms with van der Waals surface area (Å²) in [6, 6.07) is 11.0. The molecule has 1 fully saturated rings. The molecular weight excluding hydrogens is 447 g/mol. The lowest BCUT2D eigenvalue weighted by Gasteiger charge is -2.24. The molecule has 6 nitrogen and oxygen atoms in total. The van der Waals surface area contributed by atoms with E-state index in [-0.39, 0.29) is 33.5 Å². The van der Waals surface area contributed by atoms with Crippen molar-refractivity contribution in [3.63, 3.8) is 0 Å². The molecule has 1 saturated heterocycles. The second-order valence-corrected chi connectivity index (χ2v) is 11.0. The molecule has 0 radical (unpaired) electrons. The van der Waals surface area contributed by atoms with Crippen molar-refractivity contribution >= 4 is 50.4 Å². The van der Waals surface area contributed by atoms with Gasteiger partial charge in [0.15, 0.2) is 15.4 Å². The number of fused-ring (bicyclic) bond motifs is 1. The topological polar surface area (TPSA) is 80.5 Å². The summed E-state index contributed by atoms with van der Waals surface area (Å²) in [5, 5.41) is -0.0524. The summed E-state index contributed by atoms with van der Waals surface area (Å²) in [6.07, 6.45) is 0. The number of amides is 1. The quantitative estimate of drug-likeness (QED) is 0.506. The van der Waals surface area contributed by atoms with E-state index in [0.717, 1.165) is 17.5 Å². The van der Waals surface area contributed by atoms with Crippen LogP contribution in [0.4, 0.5) is 4.39 Å². The first-order chi connectivity index (χ1) is 14.4. The number of aromatic nitrogens is 1. The standard InChI is InChI=1S/C20H19FN2O4S3/c1-2-30(25,26)13-7-8-17-16(11-13)22-20(27-17)29-12-18(24)23-9-10-28-19(23)14-5-3-4-6-15(14)21/h3-8,11,19H,2,9-10,12H2,1H3/t19-/m1/s1. The van der Waals surface area contributed by atoms with Crippen molar-refractivity contribution in [1.29, 1.82) is 0 Å². The van der Waals surface area contributed by atoms with Crippen LogP contribution in [0.15, 0.2) is 57.0 Å². The van der Waals surface area contributed by atoms with Crippen LogP contribution >= 0.6 is 23.5 Å². The van der Waals surface area contributed by atoms with E-state index in [1.165, 1.54) is 30.0 Å². The molecule has 1 amide bonds. The molecule has 1 atom stereocenters. The molecule has 3 aromatic rings. The fourth-order valence-electron chi connectivity index (χ4n) is 3.17. The lowest BCUT2D eigenvalue weighted by molar-refractivity contribution is -0.128. The Bertz CT molecular complexity index is 1200. The number of hydrogen-bond acceptors (Lipinski definition) is 7. The van der Waals surface area contributed by atoms with E-state index in [4.69, 9.17) is 4.42 Å². The largest absolute Gasteiger partial charge is 0.431 e. The van der Waals surface area contributed by atoms with Gasteiger partial charge in [-0.3, -0.25) is 4.79 Å². The van der Waals surface area contributed by atoms with E-state index in [1.54, 1.807) is 36.1 Å². The number of carbonyl (C=O) groups excluding carboxylic acids is 1. The van der Waals surface area contributed by atoms with E-state index in [9.17, 15) is 17.6 Å². The second kappa shape index (κ2) is 8.60. The number of benzene rings is 2. The van der Waals surface area contributed by atoms with Gasteiger partial charge in [-0.25, -0.2) is 17.8 Å². The molecule has 10 heteroatoms. The van der Waals surface area contributed by atoms with Crippen LogP contribution in [0.25, 0.3) is 11.1 Å². The Labute approximate surface area is 182 Å². The fraction of sp³-hybridized carbons (Fsp3) is 0.300. The molecule has 0 unspecified atom stereocenters. The van der Waals surface area contributed by atoms with Crippen LogP contribution in [0, 0.1) is 5.82 Å². The first kappa shape index (κ1) is 21.2. The van der Waals surface area contributed by atoms with E-state index < -0.39 is 9.84 Å². The lowest BCUT2D eigenvalue weighted by atomic mass is 10.2. The molecule has 2 heterocycles. The van der Waals surface area contributed by atoms with Crippen LogP contribution in [0.3, 0.4) is 0 Å². The molecule has 30 heavy (non-hydrogen) atoms. The van der Waals surface area contributed by atoms with Gasteiger partial charge in [-0.05, 0) is 24.3 Å². The van der Waals surface area contributed by atoms with E-state index >= 15 is 0 Å². The van der Waals surface area contributed by atoms with Gasteiger partial charge in [0.1, 0.15) is 16.7 Å². The molecule has 0 aliphatic carbocycles. The van der Waals surface area contributed by atoms with Gasteiger partial charge in [-0.2, -0.15) is 0 Å². The van der Waals surface area contributed by atoms with Gasteiger partial charge in [-0.1, -0.05) is 36.9 Å². The number of rotatable bonds is 6. The normalized spacial score (nSPS) is 17.0. The maximum Gasteiger partial charge on any atom is 0.257 e. The Morgan fingerprint density at radius 3 is 2.90 bits per heavy atom. The minimum Gasteiger partial charge on any atom is -0.431 e. The Kier molecular flexibility index (Phi) is 6.08. The molecule has 1 aliphatic rings. The molecule has 158 valence electrons. The molecule has 0 spiro atoms.